The Bertz CT molecular complexity index is 1050. The minimum absolute atomic E-state index is 0.642. The number of hydrogen-bond acceptors (Lipinski definition) is 6. The normalized spacial score (nSPS) is 17.2. The molecule has 7 heteroatoms. The van der Waals surface area contributed by atoms with E-state index < -0.39 is 0 Å². The van der Waals surface area contributed by atoms with Gasteiger partial charge in [0.05, 0.1) is 31.6 Å². The third kappa shape index (κ3) is 3.73. The van der Waals surface area contributed by atoms with Gasteiger partial charge in [-0.3, -0.25) is 4.98 Å². The SMILES string of the molecule is C1=C(c2cnn3c(NCc4ccccn4)ccnc23)CCC(N2CCOCC2)=C1. The van der Waals surface area contributed by atoms with Crippen molar-refractivity contribution in [1.82, 2.24) is 24.5 Å². The van der Waals surface area contributed by atoms with Crippen molar-refractivity contribution < 1.29 is 4.74 Å². The minimum atomic E-state index is 0.642. The van der Waals surface area contributed by atoms with E-state index in [1.54, 1.807) is 6.20 Å². The lowest BCUT2D eigenvalue weighted by molar-refractivity contribution is 0.0521. The summed E-state index contributed by atoms with van der Waals surface area (Å²) in [5.74, 6) is 0.910. The van der Waals surface area contributed by atoms with E-state index in [-0.39, 0.29) is 0 Å². The number of pyridine rings is 1. The Morgan fingerprint density at radius 2 is 1.93 bits per heavy atom. The van der Waals surface area contributed by atoms with Gasteiger partial charge in [0.1, 0.15) is 5.82 Å². The predicted octanol–water partition coefficient (Wildman–Crippen LogP) is 3.13. The Kier molecular flexibility index (Phi) is 4.96. The molecule has 0 radical (unpaired) electrons. The van der Waals surface area contributed by atoms with Crippen LogP contribution in [0.3, 0.4) is 0 Å². The molecular weight excluding hydrogens is 364 g/mol. The van der Waals surface area contributed by atoms with Gasteiger partial charge >= 0.3 is 0 Å². The highest BCUT2D eigenvalue weighted by atomic mass is 16.5. The molecule has 3 aromatic heterocycles. The van der Waals surface area contributed by atoms with Crippen LogP contribution in [-0.4, -0.2) is 50.8 Å². The second-order valence-corrected chi connectivity index (χ2v) is 7.25. The van der Waals surface area contributed by atoms with Crippen LogP contribution in [0.25, 0.3) is 11.2 Å². The number of rotatable bonds is 5. The van der Waals surface area contributed by atoms with Gasteiger partial charge in [-0.15, -0.1) is 0 Å². The summed E-state index contributed by atoms with van der Waals surface area (Å²) in [7, 11) is 0. The minimum Gasteiger partial charge on any atom is -0.378 e. The van der Waals surface area contributed by atoms with Gasteiger partial charge in [-0.2, -0.15) is 9.61 Å². The number of nitrogens with zero attached hydrogens (tertiary/aromatic N) is 5. The van der Waals surface area contributed by atoms with E-state index in [4.69, 9.17) is 4.74 Å². The number of morpholine rings is 1. The third-order valence-corrected chi connectivity index (χ3v) is 5.47. The molecule has 0 saturated carbocycles. The van der Waals surface area contributed by atoms with Crippen molar-refractivity contribution in [2.75, 3.05) is 31.6 Å². The highest BCUT2D eigenvalue weighted by Gasteiger charge is 2.19. The summed E-state index contributed by atoms with van der Waals surface area (Å²) in [6.45, 7) is 4.25. The van der Waals surface area contributed by atoms with Crippen molar-refractivity contribution in [3.05, 3.63) is 72.0 Å². The van der Waals surface area contributed by atoms with E-state index in [2.05, 4.69) is 37.4 Å². The lowest BCUT2D eigenvalue weighted by atomic mass is 9.97. The topological polar surface area (TPSA) is 67.6 Å². The lowest BCUT2D eigenvalue weighted by Crippen LogP contribution is -2.35. The fourth-order valence-electron chi connectivity index (χ4n) is 3.90. The van der Waals surface area contributed by atoms with E-state index >= 15 is 0 Å². The molecule has 0 bridgehead atoms. The van der Waals surface area contributed by atoms with Gasteiger partial charge < -0.3 is 15.0 Å². The predicted molar refractivity (Wildman–Crippen MR) is 112 cm³/mol. The maximum absolute atomic E-state index is 5.46. The zero-order valence-corrected chi connectivity index (χ0v) is 16.3. The quantitative estimate of drug-likeness (QED) is 0.724. The Hall–Kier alpha value is -3.19. The molecule has 0 atom stereocenters. The number of ether oxygens (including phenoxy) is 1. The maximum atomic E-state index is 5.46. The fourth-order valence-corrected chi connectivity index (χ4v) is 3.90. The van der Waals surface area contributed by atoms with E-state index in [0.29, 0.717) is 6.54 Å². The number of fused-ring (bicyclic) bond motifs is 1. The van der Waals surface area contributed by atoms with Crippen molar-refractivity contribution in [3.63, 3.8) is 0 Å². The van der Waals surface area contributed by atoms with Crippen LogP contribution in [0.15, 0.2) is 60.7 Å². The van der Waals surface area contributed by atoms with Crippen LogP contribution in [-0.2, 0) is 11.3 Å². The van der Waals surface area contributed by atoms with Crippen molar-refractivity contribution in [3.8, 4) is 0 Å². The first kappa shape index (κ1) is 17.9. The zero-order valence-electron chi connectivity index (χ0n) is 16.3. The van der Waals surface area contributed by atoms with Crippen molar-refractivity contribution >= 4 is 17.0 Å². The van der Waals surface area contributed by atoms with Gasteiger partial charge in [0, 0.05) is 36.7 Å². The summed E-state index contributed by atoms with van der Waals surface area (Å²) >= 11 is 0. The van der Waals surface area contributed by atoms with Crippen molar-refractivity contribution in [2.45, 2.75) is 19.4 Å². The van der Waals surface area contributed by atoms with Crippen LogP contribution in [0.2, 0.25) is 0 Å². The average Bonchev–Trinajstić information content (AvgIpc) is 3.24. The van der Waals surface area contributed by atoms with Crippen LogP contribution < -0.4 is 5.32 Å². The summed E-state index contributed by atoms with van der Waals surface area (Å²) in [4.78, 5) is 11.4. The fraction of sp³-hybridized carbons (Fsp3) is 0.318. The molecule has 0 spiro atoms. The first-order valence-corrected chi connectivity index (χ1v) is 10.1. The summed E-state index contributed by atoms with van der Waals surface area (Å²) in [5, 5.41) is 8.02. The molecule has 1 aliphatic heterocycles. The molecule has 0 amide bonds. The zero-order chi connectivity index (χ0) is 19.5. The summed E-state index contributed by atoms with van der Waals surface area (Å²) in [5.41, 5.74) is 5.65. The van der Waals surface area contributed by atoms with Gasteiger partial charge in [-0.05, 0) is 42.7 Å². The van der Waals surface area contributed by atoms with E-state index in [1.165, 1.54) is 11.3 Å². The molecule has 0 unspecified atom stereocenters. The standard InChI is InChI=1S/C22H24N6O/c1-2-9-23-18(3-1)15-25-21-8-10-24-22-20(16-26-28(21)22)17-4-6-19(7-5-17)27-11-13-29-14-12-27/h1-4,6,8-10,16,25H,5,7,11-15H2. The first-order valence-electron chi connectivity index (χ1n) is 10.1. The average molecular weight is 388 g/mol. The van der Waals surface area contributed by atoms with Gasteiger partial charge in [0.25, 0.3) is 0 Å². The molecule has 0 aromatic carbocycles. The van der Waals surface area contributed by atoms with Crippen LogP contribution in [0, 0.1) is 0 Å². The molecule has 29 heavy (non-hydrogen) atoms. The molecule has 4 heterocycles. The van der Waals surface area contributed by atoms with Crippen LogP contribution in [0.4, 0.5) is 5.82 Å². The van der Waals surface area contributed by atoms with E-state index in [0.717, 1.165) is 61.9 Å². The number of allylic oxidation sites excluding steroid dienone is 4. The number of anilines is 1. The highest BCUT2D eigenvalue weighted by Crippen LogP contribution is 2.31. The largest absolute Gasteiger partial charge is 0.378 e. The van der Waals surface area contributed by atoms with Crippen LogP contribution in [0.1, 0.15) is 24.1 Å². The van der Waals surface area contributed by atoms with Crippen molar-refractivity contribution in [1.29, 1.82) is 0 Å². The second-order valence-electron chi connectivity index (χ2n) is 7.25. The Balaban J connectivity index is 1.37. The molecule has 3 aromatic rings. The van der Waals surface area contributed by atoms with E-state index in [9.17, 15) is 0 Å². The first-order chi connectivity index (χ1) is 14.4. The molecule has 1 saturated heterocycles. The Labute approximate surface area is 169 Å². The molecular formula is C22H24N6O. The second kappa shape index (κ2) is 8.05. The van der Waals surface area contributed by atoms with Crippen molar-refractivity contribution in [2.24, 2.45) is 0 Å². The van der Waals surface area contributed by atoms with Gasteiger partial charge in [-0.1, -0.05) is 12.1 Å². The van der Waals surface area contributed by atoms with E-state index in [1.807, 2.05) is 41.2 Å². The lowest BCUT2D eigenvalue weighted by Gasteiger charge is -2.32. The van der Waals surface area contributed by atoms with Crippen LogP contribution >= 0.6 is 0 Å². The number of aromatic nitrogens is 4. The molecule has 1 N–H and O–H groups in total. The highest BCUT2D eigenvalue weighted by molar-refractivity contribution is 5.78. The molecule has 1 aliphatic carbocycles. The summed E-state index contributed by atoms with van der Waals surface area (Å²) in [6, 6.07) is 7.86. The molecule has 1 fully saturated rings. The van der Waals surface area contributed by atoms with Gasteiger partial charge in [0.2, 0.25) is 0 Å². The number of nitrogens with one attached hydrogen (secondary N) is 1. The Morgan fingerprint density at radius 1 is 1.00 bits per heavy atom. The maximum Gasteiger partial charge on any atom is 0.164 e. The third-order valence-electron chi connectivity index (χ3n) is 5.47. The smallest absolute Gasteiger partial charge is 0.164 e. The van der Waals surface area contributed by atoms with Gasteiger partial charge in [0.15, 0.2) is 5.65 Å². The molecule has 7 nitrogen and oxygen atoms in total. The monoisotopic (exact) mass is 388 g/mol. The summed E-state index contributed by atoms with van der Waals surface area (Å²) in [6.07, 6.45) is 12.1. The number of hydrogen-bond donors (Lipinski definition) is 1. The molecule has 148 valence electrons. The summed E-state index contributed by atoms with van der Waals surface area (Å²) < 4.78 is 7.34. The van der Waals surface area contributed by atoms with Gasteiger partial charge in [-0.25, -0.2) is 4.98 Å². The molecule has 2 aliphatic rings. The van der Waals surface area contributed by atoms with Crippen LogP contribution in [0.5, 0.6) is 0 Å². The Morgan fingerprint density at radius 3 is 2.72 bits per heavy atom. The molecule has 5 rings (SSSR count).